The molecule has 13 heteroatoms. The number of hydrogen-bond donors (Lipinski definition) is 1. The van der Waals surface area contributed by atoms with E-state index in [9.17, 15) is 35.2 Å². The van der Waals surface area contributed by atoms with E-state index in [-0.39, 0.29) is 21.9 Å². The second kappa shape index (κ2) is 8.57. The Morgan fingerprint density at radius 3 is 2.29 bits per heavy atom. The lowest BCUT2D eigenvalue weighted by molar-refractivity contribution is -0.322. The third-order valence-electron chi connectivity index (χ3n) is 4.73. The summed E-state index contributed by atoms with van der Waals surface area (Å²) in [5.41, 5.74) is -0.847. The number of nitrogens with zero attached hydrogens (tertiary/aromatic N) is 2. The minimum Gasteiger partial charge on any atom is -0.280 e. The number of anilines is 1. The summed E-state index contributed by atoms with van der Waals surface area (Å²) in [5, 5.41) is 2.28. The first-order chi connectivity index (χ1) is 16.0. The van der Waals surface area contributed by atoms with Gasteiger partial charge in [0.1, 0.15) is 0 Å². The van der Waals surface area contributed by atoms with Crippen LogP contribution in [0.15, 0.2) is 76.4 Å². The molecule has 1 heterocycles. The molecule has 0 fully saturated rings. The standard InChI is InChI=1S/C21H14F5N3O4S/c22-17-8-6-13(10-18(17)23)12-28-19-9-7-14(11-16(19)20(30)27-28)29(33-21(24,25)26)34(31,32)15-4-2-1-3-5-15/h1-11H,12H2,(H,27,30). The summed E-state index contributed by atoms with van der Waals surface area (Å²) in [4.78, 5) is 15.8. The lowest BCUT2D eigenvalue weighted by atomic mass is 10.2. The van der Waals surface area contributed by atoms with Gasteiger partial charge >= 0.3 is 6.36 Å². The molecule has 4 aromatic rings. The van der Waals surface area contributed by atoms with Crippen LogP contribution in [0.25, 0.3) is 10.9 Å². The Labute approximate surface area is 188 Å². The second-order valence-electron chi connectivity index (χ2n) is 7.06. The van der Waals surface area contributed by atoms with Crippen LogP contribution in [0.5, 0.6) is 0 Å². The van der Waals surface area contributed by atoms with Crippen molar-refractivity contribution in [2.45, 2.75) is 17.8 Å². The molecule has 0 aliphatic carbocycles. The molecule has 4 rings (SSSR count). The quantitative estimate of drug-likeness (QED) is 0.317. The molecule has 1 aromatic heterocycles. The number of aromatic nitrogens is 2. The molecule has 0 aliphatic rings. The van der Waals surface area contributed by atoms with Crippen molar-refractivity contribution >= 4 is 26.6 Å². The minimum atomic E-state index is -5.36. The van der Waals surface area contributed by atoms with Crippen LogP contribution >= 0.6 is 0 Å². The molecule has 3 aromatic carbocycles. The maximum Gasteiger partial charge on any atom is 0.544 e. The van der Waals surface area contributed by atoms with E-state index in [2.05, 4.69) is 9.94 Å². The number of hydrogen-bond acceptors (Lipinski definition) is 4. The van der Waals surface area contributed by atoms with E-state index in [1.807, 2.05) is 0 Å². The van der Waals surface area contributed by atoms with E-state index in [0.29, 0.717) is 5.56 Å². The van der Waals surface area contributed by atoms with Crippen molar-refractivity contribution < 1.29 is 35.2 Å². The van der Waals surface area contributed by atoms with Gasteiger partial charge in [0, 0.05) is 0 Å². The van der Waals surface area contributed by atoms with Crippen molar-refractivity contribution in [2.75, 3.05) is 4.47 Å². The molecule has 0 atom stereocenters. The highest BCUT2D eigenvalue weighted by Crippen LogP contribution is 2.31. The number of H-pyrrole nitrogens is 1. The summed E-state index contributed by atoms with van der Waals surface area (Å²) >= 11 is 0. The summed E-state index contributed by atoms with van der Waals surface area (Å²) in [6.07, 6.45) is -5.36. The minimum absolute atomic E-state index is 0.0969. The van der Waals surface area contributed by atoms with Crippen LogP contribution < -0.4 is 10.0 Å². The van der Waals surface area contributed by atoms with Gasteiger partial charge in [-0.25, -0.2) is 8.78 Å². The van der Waals surface area contributed by atoms with Crippen molar-refractivity contribution in [3.05, 3.63) is 94.3 Å². The average Bonchev–Trinajstić information content (AvgIpc) is 3.09. The zero-order valence-corrected chi connectivity index (χ0v) is 17.7. The Balaban J connectivity index is 1.78. The third-order valence-corrected chi connectivity index (χ3v) is 6.32. The Kier molecular flexibility index (Phi) is 5.91. The summed E-state index contributed by atoms with van der Waals surface area (Å²) in [5.74, 6) is -2.15. The van der Waals surface area contributed by atoms with Gasteiger partial charge in [-0.1, -0.05) is 24.3 Å². The van der Waals surface area contributed by atoms with Gasteiger partial charge in [0.25, 0.3) is 15.6 Å². The number of aromatic amines is 1. The fourth-order valence-corrected chi connectivity index (χ4v) is 4.53. The first-order valence-electron chi connectivity index (χ1n) is 9.48. The monoisotopic (exact) mass is 499 g/mol. The van der Waals surface area contributed by atoms with Gasteiger partial charge in [0.05, 0.1) is 28.0 Å². The molecule has 0 saturated carbocycles. The largest absolute Gasteiger partial charge is 0.544 e. The van der Waals surface area contributed by atoms with Gasteiger partial charge in [-0.15, -0.1) is 17.6 Å². The normalized spacial score (nSPS) is 12.3. The molecule has 34 heavy (non-hydrogen) atoms. The number of rotatable bonds is 6. The summed E-state index contributed by atoms with van der Waals surface area (Å²) in [6, 6.07) is 12.6. The molecular formula is C21H14F5N3O4S. The molecule has 0 saturated heterocycles. The molecule has 0 spiro atoms. The number of sulfonamides is 1. The Bertz CT molecular complexity index is 1520. The van der Waals surface area contributed by atoms with Crippen molar-refractivity contribution in [1.82, 2.24) is 9.78 Å². The van der Waals surface area contributed by atoms with Gasteiger partial charge in [-0.2, -0.15) is 13.3 Å². The van der Waals surface area contributed by atoms with Crippen molar-refractivity contribution in [3.8, 4) is 0 Å². The fourth-order valence-electron chi connectivity index (χ4n) is 3.27. The SMILES string of the molecule is O=c1[nH]n(Cc2ccc(F)c(F)c2)c2ccc(N(OC(F)(F)F)S(=O)(=O)c3ccccc3)cc12. The molecule has 0 bridgehead atoms. The molecule has 0 unspecified atom stereocenters. The number of alkyl halides is 3. The second-order valence-corrected chi connectivity index (χ2v) is 8.81. The van der Waals surface area contributed by atoms with Gasteiger partial charge in [0.2, 0.25) is 0 Å². The first-order valence-corrected chi connectivity index (χ1v) is 10.9. The smallest absolute Gasteiger partial charge is 0.280 e. The predicted molar refractivity (Wildman–Crippen MR) is 111 cm³/mol. The zero-order chi connectivity index (χ0) is 24.7. The average molecular weight is 499 g/mol. The molecule has 0 amide bonds. The van der Waals surface area contributed by atoms with Crippen molar-refractivity contribution in [3.63, 3.8) is 0 Å². The Hall–Kier alpha value is -3.71. The van der Waals surface area contributed by atoms with E-state index in [4.69, 9.17) is 0 Å². The molecule has 7 nitrogen and oxygen atoms in total. The first kappa shape index (κ1) is 23.4. The van der Waals surface area contributed by atoms with Crippen LogP contribution in [0.2, 0.25) is 0 Å². The molecule has 1 N–H and O–H groups in total. The van der Waals surface area contributed by atoms with Crippen LogP contribution in [0, 0.1) is 11.6 Å². The number of fused-ring (bicyclic) bond motifs is 1. The van der Waals surface area contributed by atoms with Gasteiger partial charge < -0.3 is 0 Å². The molecule has 178 valence electrons. The molecule has 0 radical (unpaired) electrons. The third kappa shape index (κ3) is 4.65. The number of halogens is 5. The van der Waals surface area contributed by atoms with Crippen LogP contribution in [-0.2, 0) is 21.4 Å². The molecule has 0 aliphatic heterocycles. The van der Waals surface area contributed by atoms with E-state index < -0.39 is 44.2 Å². The van der Waals surface area contributed by atoms with Gasteiger partial charge in [0.15, 0.2) is 11.6 Å². The van der Waals surface area contributed by atoms with Gasteiger partial charge in [-0.3, -0.25) is 14.6 Å². The van der Waals surface area contributed by atoms with E-state index in [0.717, 1.165) is 36.4 Å². The summed E-state index contributed by atoms with van der Waals surface area (Å²) in [6.45, 7) is -0.0969. The summed E-state index contributed by atoms with van der Waals surface area (Å²) in [7, 11) is -4.82. The van der Waals surface area contributed by atoms with E-state index in [1.165, 1.54) is 35.0 Å². The summed E-state index contributed by atoms with van der Waals surface area (Å²) < 4.78 is 92.6. The van der Waals surface area contributed by atoms with Crippen molar-refractivity contribution in [1.29, 1.82) is 0 Å². The van der Waals surface area contributed by atoms with E-state index in [1.54, 1.807) is 0 Å². The van der Waals surface area contributed by atoms with Crippen LogP contribution in [0.4, 0.5) is 27.6 Å². The lowest BCUT2D eigenvalue weighted by Gasteiger charge is -2.24. The van der Waals surface area contributed by atoms with Crippen LogP contribution in [0.1, 0.15) is 5.56 Å². The number of benzene rings is 3. The highest BCUT2D eigenvalue weighted by Gasteiger charge is 2.40. The highest BCUT2D eigenvalue weighted by atomic mass is 32.2. The number of nitrogens with one attached hydrogen (secondary N) is 1. The Morgan fingerprint density at radius 1 is 0.941 bits per heavy atom. The topological polar surface area (TPSA) is 84.4 Å². The highest BCUT2D eigenvalue weighted by molar-refractivity contribution is 7.92. The molecular weight excluding hydrogens is 485 g/mol. The lowest BCUT2D eigenvalue weighted by Crippen LogP contribution is -2.36. The van der Waals surface area contributed by atoms with Crippen molar-refractivity contribution in [2.24, 2.45) is 0 Å². The van der Waals surface area contributed by atoms with Crippen LogP contribution in [-0.4, -0.2) is 24.6 Å². The Morgan fingerprint density at radius 2 is 1.65 bits per heavy atom. The zero-order valence-electron chi connectivity index (χ0n) is 16.9. The maximum absolute atomic E-state index is 13.5. The van der Waals surface area contributed by atoms with Crippen LogP contribution in [0.3, 0.4) is 0 Å². The fraction of sp³-hybridized carbons (Fsp3) is 0.0952. The van der Waals surface area contributed by atoms with Gasteiger partial charge in [-0.05, 0) is 48.0 Å². The van der Waals surface area contributed by atoms with E-state index >= 15 is 0 Å². The maximum atomic E-state index is 13.5. The predicted octanol–water partition coefficient (Wildman–Crippen LogP) is 4.30.